The standard InChI is InChI=1S/C39H23N7/c40-23-26-21-31(24-41)36(32(22-26)25-42)46-37(30-19-11-4-12-20-30)35(29-17-9-3-10-18-29)45-39(46)38-43-33(27-13-5-1-6-14-27)34(44-38)28-15-7-2-8-16-28/h1-22H,(H,43,44). The summed E-state index contributed by atoms with van der Waals surface area (Å²) in [6.07, 6.45) is 0. The molecule has 7 aromatic rings. The highest BCUT2D eigenvalue weighted by atomic mass is 15.2. The third kappa shape index (κ3) is 4.89. The molecule has 0 radical (unpaired) electrons. The van der Waals surface area contributed by atoms with Gasteiger partial charge >= 0.3 is 0 Å². The van der Waals surface area contributed by atoms with Crippen LogP contribution in [0.15, 0.2) is 133 Å². The van der Waals surface area contributed by atoms with E-state index in [1.807, 2.05) is 126 Å². The lowest BCUT2D eigenvalue weighted by atomic mass is 10.0. The van der Waals surface area contributed by atoms with Gasteiger partial charge in [0.15, 0.2) is 11.6 Å². The van der Waals surface area contributed by atoms with E-state index in [0.717, 1.165) is 33.6 Å². The first kappa shape index (κ1) is 27.8. The minimum absolute atomic E-state index is 0.171. The van der Waals surface area contributed by atoms with E-state index in [4.69, 9.17) is 9.97 Å². The van der Waals surface area contributed by atoms with Crippen molar-refractivity contribution in [3.8, 4) is 80.6 Å². The van der Waals surface area contributed by atoms with E-state index in [-0.39, 0.29) is 16.7 Å². The van der Waals surface area contributed by atoms with Crippen molar-refractivity contribution in [2.45, 2.75) is 0 Å². The summed E-state index contributed by atoms with van der Waals surface area (Å²) in [5.41, 5.74) is 7.30. The van der Waals surface area contributed by atoms with Crippen LogP contribution < -0.4 is 0 Å². The van der Waals surface area contributed by atoms with Crippen molar-refractivity contribution in [2.24, 2.45) is 0 Å². The molecule has 1 N–H and O–H groups in total. The molecular weight excluding hydrogens is 566 g/mol. The Kier molecular flexibility index (Phi) is 7.21. The van der Waals surface area contributed by atoms with Gasteiger partial charge in [-0.25, -0.2) is 9.97 Å². The number of nitrogens with zero attached hydrogens (tertiary/aromatic N) is 6. The molecule has 0 aliphatic rings. The molecule has 2 heterocycles. The highest BCUT2D eigenvalue weighted by Crippen LogP contribution is 2.41. The topological polar surface area (TPSA) is 118 Å². The van der Waals surface area contributed by atoms with Gasteiger partial charge in [-0.15, -0.1) is 0 Å². The first-order valence-electron chi connectivity index (χ1n) is 14.5. The lowest BCUT2D eigenvalue weighted by molar-refractivity contribution is 1.03. The van der Waals surface area contributed by atoms with Gasteiger partial charge < -0.3 is 4.98 Å². The minimum Gasteiger partial charge on any atom is -0.335 e. The summed E-state index contributed by atoms with van der Waals surface area (Å²) in [7, 11) is 0. The molecule has 0 fully saturated rings. The minimum atomic E-state index is 0.171. The van der Waals surface area contributed by atoms with Crippen LogP contribution in [0.1, 0.15) is 16.7 Å². The summed E-state index contributed by atoms with van der Waals surface area (Å²) in [5, 5.41) is 30.5. The summed E-state index contributed by atoms with van der Waals surface area (Å²) in [6, 6.07) is 48.9. The number of benzene rings is 5. The van der Waals surface area contributed by atoms with Crippen LogP contribution in [-0.4, -0.2) is 19.5 Å². The normalized spacial score (nSPS) is 10.5. The third-order valence-electron chi connectivity index (χ3n) is 7.70. The van der Waals surface area contributed by atoms with Gasteiger partial charge in [-0.3, -0.25) is 4.57 Å². The predicted molar refractivity (Wildman–Crippen MR) is 177 cm³/mol. The van der Waals surface area contributed by atoms with Gasteiger partial charge in [0.1, 0.15) is 12.1 Å². The van der Waals surface area contributed by atoms with Gasteiger partial charge in [0.2, 0.25) is 0 Å². The fourth-order valence-electron chi connectivity index (χ4n) is 5.66. The summed E-state index contributed by atoms with van der Waals surface area (Å²) in [5.74, 6) is 0.865. The Balaban J connectivity index is 1.63. The van der Waals surface area contributed by atoms with Crippen LogP contribution in [0.2, 0.25) is 0 Å². The van der Waals surface area contributed by atoms with Gasteiger partial charge in [-0.1, -0.05) is 121 Å². The van der Waals surface area contributed by atoms with Crippen LogP contribution in [0.5, 0.6) is 0 Å². The molecule has 7 rings (SSSR count). The van der Waals surface area contributed by atoms with Crippen molar-refractivity contribution in [2.75, 3.05) is 0 Å². The molecule has 0 saturated heterocycles. The largest absolute Gasteiger partial charge is 0.335 e. The average Bonchev–Trinajstić information content (AvgIpc) is 3.75. The highest BCUT2D eigenvalue weighted by Gasteiger charge is 2.28. The Morgan fingerprint density at radius 3 is 1.50 bits per heavy atom. The Labute approximate surface area is 265 Å². The summed E-state index contributed by atoms with van der Waals surface area (Å²) in [6.45, 7) is 0. The molecule has 2 aromatic heterocycles. The molecule has 7 heteroatoms. The van der Waals surface area contributed by atoms with E-state index in [9.17, 15) is 15.8 Å². The zero-order valence-corrected chi connectivity index (χ0v) is 24.4. The molecule has 0 bridgehead atoms. The SMILES string of the molecule is N#Cc1cc(C#N)c(-n2c(-c3nc(-c4ccccc4)c(-c4ccccc4)[nH]3)nc(-c3ccccc3)c2-c2ccccc2)c(C#N)c1. The zero-order valence-electron chi connectivity index (χ0n) is 24.4. The maximum absolute atomic E-state index is 10.4. The summed E-state index contributed by atoms with van der Waals surface area (Å²) in [4.78, 5) is 13.9. The Hall–Kier alpha value is -7.01. The number of hydrogen-bond donors (Lipinski definition) is 1. The quantitative estimate of drug-likeness (QED) is 0.208. The van der Waals surface area contributed by atoms with Crippen LogP contribution in [-0.2, 0) is 0 Å². The lowest BCUT2D eigenvalue weighted by Gasteiger charge is -2.16. The van der Waals surface area contributed by atoms with Crippen molar-refractivity contribution >= 4 is 0 Å². The molecule has 7 nitrogen and oxygen atoms in total. The Bertz CT molecular complexity index is 2220. The van der Waals surface area contributed by atoms with Gasteiger partial charge in [0.25, 0.3) is 0 Å². The maximum atomic E-state index is 10.4. The molecule has 0 aliphatic carbocycles. The molecule has 0 unspecified atom stereocenters. The third-order valence-corrected chi connectivity index (χ3v) is 7.70. The number of nitrogens with one attached hydrogen (secondary N) is 1. The maximum Gasteiger partial charge on any atom is 0.182 e. The van der Waals surface area contributed by atoms with Crippen LogP contribution in [0.25, 0.3) is 62.4 Å². The second-order valence-electron chi connectivity index (χ2n) is 10.5. The number of nitriles is 3. The number of rotatable bonds is 6. The summed E-state index contributed by atoms with van der Waals surface area (Å²) >= 11 is 0. The van der Waals surface area contributed by atoms with E-state index in [0.29, 0.717) is 28.7 Å². The molecule has 0 spiro atoms. The Morgan fingerprint density at radius 1 is 0.522 bits per heavy atom. The van der Waals surface area contributed by atoms with Crippen LogP contribution >= 0.6 is 0 Å². The number of imidazole rings is 2. The molecular formula is C39H23N7. The van der Waals surface area contributed by atoms with Gasteiger partial charge in [0, 0.05) is 22.3 Å². The van der Waals surface area contributed by atoms with Crippen LogP contribution in [0.3, 0.4) is 0 Å². The summed E-state index contributed by atoms with van der Waals surface area (Å²) < 4.78 is 1.83. The second kappa shape index (κ2) is 11.9. The highest BCUT2D eigenvalue weighted by molar-refractivity contribution is 5.86. The van der Waals surface area contributed by atoms with Crippen LogP contribution in [0, 0.1) is 34.0 Å². The molecule has 5 aromatic carbocycles. The first-order chi connectivity index (χ1) is 22.7. The first-order valence-corrected chi connectivity index (χ1v) is 14.5. The molecule has 0 amide bonds. The number of hydrogen-bond acceptors (Lipinski definition) is 5. The number of H-pyrrole nitrogens is 1. The smallest absolute Gasteiger partial charge is 0.182 e. The number of aromatic nitrogens is 4. The van der Waals surface area contributed by atoms with E-state index in [2.05, 4.69) is 23.2 Å². The Morgan fingerprint density at radius 2 is 1.00 bits per heavy atom. The molecule has 0 atom stereocenters. The van der Waals surface area contributed by atoms with Gasteiger partial charge in [0.05, 0.1) is 51.2 Å². The van der Waals surface area contributed by atoms with Gasteiger partial charge in [-0.05, 0) is 12.1 Å². The van der Waals surface area contributed by atoms with E-state index < -0.39 is 0 Å². The molecule has 214 valence electrons. The molecule has 0 aliphatic heterocycles. The van der Waals surface area contributed by atoms with Crippen molar-refractivity contribution in [3.05, 3.63) is 150 Å². The van der Waals surface area contributed by atoms with Crippen molar-refractivity contribution in [1.82, 2.24) is 19.5 Å². The lowest BCUT2D eigenvalue weighted by Crippen LogP contribution is -2.07. The fourth-order valence-corrected chi connectivity index (χ4v) is 5.66. The van der Waals surface area contributed by atoms with Crippen molar-refractivity contribution in [3.63, 3.8) is 0 Å². The van der Waals surface area contributed by atoms with E-state index in [1.54, 1.807) is 0 Å². The van der Waals surface area contributed by atoms with E-state index >= 15 is 0 Å². The predicted octanol–water partition coefficient (Wildman–Crippen LogP) is 8.55. The van der Waals surface area contributed by atoms with Crippen molar-refractivity contribution in [1.29, 1.82) is 15.8 Å². The number of aromatic amines is 1. The van der Waals surface area contributed by atoms with Crippen LogP contribution in [0.4, 0.5) is 0 Å². The molecule has 0 saturated carbocycles. The van der Waals surface area contributed by atoms with Gasteiger partial charge in [-0.2, -0.15) is 15.8 Å². The molecule has 46 heavy (non-hydrogen) atoms. The second-order valence-corrected chi connectivity index (χ2v) is 10.5. The fraction of sp³-hybridized carbons (Fsp3) is 0. The average molecular weight is 590 g/mol. The van der Waals surface area contributed by atoms with Crippen molar-refractivity contribution < 1.29 is 0 Å². The van der Waals surface area contributed by atoms with E-state index in [1.165, 1.54) is 12.1 Å². The zero-order chi connectivity index (χ0) is 31.5. The monoisotopic (exact) mass is 589 g/mol.